The lowest BCUT2D eigenvalue weighted by Gasteiger charge is -2.07. The number of hydrogen-bond acceptors (Lipinski definition) is 1. The van der Waals surface area contributed by atoms with E-state index in [4.69, 9.17) is 0 Å². The summed E-state index contributed by atoms with van der Waals surface area (Å²) in [5, 5.41) is 9.42. The maximum absolute atomic E-state index is 13.0. The van der Waals surface area contributed by atoms with Crippen molar-refractivity contribution in [2.24, 2.45) is 0 Å². The molecule has 0 saturated heterocycles. The van der Waals surface area contributed by atoms with Crippen LogP contribution in [0.25, 0.3) is 17.3 Å². The molecule has 2 aromatic carbocycles. The summed E-state index contributed by atoms with van der Waals surface area (Å²) in [6, 6.07) is 19.9. The molecule has 0 aliphatic rings. The van der Waals surface area contributed by atoms with Crippen LogP contribution in [0.1, 0.15) is 11.3 Å². The summed E-state index contributed by atoms with van der Waals surface area (Å²) in [4.78, 5) is 0. The minimum Gasteiger partial charge on any atom is -0.317 e. The van der Waals surface area contributed by atoms with Gasteiger partial charge in [0.25, 0.3) is 0 Å². The number of allylic oxidation sites excluding steroid dienone is 1. The SMILES string of the molecule is N#CC(=Cc1cccn1-c1ccc(Br)cc1)c1ccc(F)cc1. The van der Waals surface area contributed by atoms with Crippen LogP contribution in [0.2, 0.25) is 0 Å². The van der Waals surface area contributed by atoms with Crippen molar-refractivity contribution in [1.82, 2.24) is 4.57 Å². The third-order valence-electron chi connectivity index (χ3n) is 3.45. The Morgan fingerprint density at radius 1 is 1.04 bits per heavy atom. The average molecular weight is 367 g/mol. The highest BCUT2D eigenvalue weighted by Gasteiger charge is 2.05. The molecule has 0 atom stereocenters. The van der Waals surface area contributed by atoms with E-state index in [-0.39, 0.29) is 5.82 Å². The molecule has 0 amide bonds. The fourth-order valence-electron chi connectivity index (χ4n) is 2.31. The van der Waals surface area contributed by atoms with Crippen molar-refractivity contribution in [3.8, 4) is 11.8 Å². The number of benzene rings is 2. The van der Waals surface area contributed by atoms with Crippen LogP contribution < -0.4 is 0 Å². The maximum Gasteiger partial charge on any atom is 0.123 e. The first kappa shape index (κ1) is 15.3. The van der Waals surface area contributed by atoms with Crippen molar-refractivity contribution in [2.45, 2.75) is 0 Å². The maximum atomic E-state index is 13.0. The van der Waals surface area contributed by atoms with Crippen LogP contribution in [0.3, 0.4) is 0 Å². The molecule has 0 aliphatic heterocycles. The van der Waals surface area contributed by atoms with Gasteiger partial charge >= 0.3 is 0 Å². The fourth-order valence-corrected chi connectivity index (χ4v) is 2.57. The molecule has 23 heavy (non-hydrogen) atoms. The quantitative estimate of drug-likeness (QED) is 0.567. The van der Waals surface area contributed by atoms with Gasteiger partial charge in [0.1, 0.15) is 5.82 Å². The molecule has 0 unspecified atom stereocenters. The number of aromatic nitrogens is 1. The third kappa shape index (κ3) is 3.41. The van der Waals surface area contributed by atoms with E-state index in [1.807, 2.05) is 47.2 Å². The molecule has 1 aromatic heterocycles. The van der Waals surface area contributed by atoms with Crippen LogP contribution >= 0.6 is 15.9 Å². The summed E-state index contributed by atoms with van der Waals surface area (Å²) < 4.78 is 16.0. The lowest BCUT2D eigenvalue weighted by Crippen LogP contribution is -1.95. The van der Waals surface area contributed by atoms with E-state index >= 15 is 0 Å². The van der Waals surface area contributed by atoms with Crippen LogP contribution in [0.4, 0.5) is 4.39 Å². The Morgan fingerprint density at radius 3 is 2.39 bits per heavy atom. The first-order valence-corrected chi connectivity index (χ1v) is 7.78. The summed E-state index contributed by atoms with van der Waals surface area (Å²) in [6.45, 7) is 0. The second kappa shape index (κ2) is 6.64. The molecule has 0 fully saturated rings. The summed E-state index contributed by atoms with van der Waals surface area (Å²) in [5.74, 6) is -0.315. The molecule has 3 aromatic rings. The molecule has 0 aliphatic carbocycles. The fraction of sp³-hybridized carbons (Fsp3) is 0. The normalized spacial score (nSPS) is 11.3. The van der Waals surface area contributed by atoms with Gasteiger partial charge in [0.15, 0.2) is 0 Å². The molecule has 0 N–H and O–H groups in total. The number of hydrogen-bond donors (Lipinski definition) is 0. The van der Waals surface area contributed by atoms with Gasteiger partial charge in [0.2, 0.25) is 0 Å². The van der Waals surface area contributed by atoms with E-state index in [0.29, 0.717) is 11.1 Å². The van der Waals surface area contributed by atoms with Crippen molar-refractivity contribution in [3.63, 3.8) is 0 Å². The summed E-state index contributed by atoms with van der Waals surface area (Å²) in [6.07, 6.45) is 3.74. The van der Waals surface area contributed by atoms with Crippen molar-refractivity contribution >= 4 is 27.6 Å². The predicted molar refractivity (Wildman–Crippen MR) is 93.4 cm³/mol. The second-order valence-electron chi connectivity index (χ2n) is 4.96. The molecule has 0 saturated carbocycles. The molecule has 1 heterocycles. The Kier molecular flexibility index (Phi) is 4.40. The van der Waals surface area contributed by atoms with Gasteiger partial charge in [0.05, 0.1) is 11.6 Å². The Labute approximate surface area is 142 Å². The van der Waals surface area contributed by atoms with E-state index in [1.54, 1.807) is 18.2 Å². The second-order valence-corrected chi connectivity index (χ2v) is 5.87. The Hall–Kier alpha value is -2.64. The zero-order valence-electron chi connectivity index (χ0n) is 12.1. The standard InChI is InChI=1S/C19H12BrFN2/c20-16-5-9-18(10-6-16)23-11-1-2-19(23)12-15(13-22)14-3-7-17(21)8-4-14/h1-12H. The molecule has 2 nitrogen and oxygen atoms in total. The first-order valence-electron chi connectivity index (χ1n) is 6.98. The van der Waals surface area contributed by atoms with E-state index in [9.17, 15) is 9.65 Å². The van der Waals surface area contributed by atoms with Gasteiger partial charge in [-0.15, -0.1) is 0 Å². The van der Waals surface area contributed by atoms with Crippen molar-refractivity contribution < 1.29 is 4.39 Å². The Balaban J connectivity index is 2.02. The number of halogens is 2. The minimum absolute atomic E-state index is 0.315. The van der Waals surface area contributed by atoms with Gasteiger partial charge in [-0.25, -0.2) is 4.39 Å². The van der Waals surface area contributed by atoms with Gasteiger partial charge in [-0.2, -0.15) is 5.26 Å². The zero-order valence-corrected chi connectivity index (χ0v) is 13.7. The number of nitrogens with zero attached hydrogens (tertiary/aromatic N) is 2. The summed E-state index contributed by atoms with van der Waals surface area (Å²) >= 11 is 3.42. The van der Waals surface area contributed by atoms with Gasteiger partial charge in [0, 0.05) is 22.1 Å². The third-order valence-corrected chi connectivity index (χ3v) is 3.98. The van der Waals surface area contributed by atoms with E-state index in [2.05, 4.69) is 22.0 Å². The van der Waals surface area contributed by atoms with E-state index in [0.717, 1.165) is 15.9 Å². The van der Waals surface area contributed by atoms with E-state index in [1.165, 1.54) is 12.1 Å². The highest BCUT2D eigenvalue weighted by atomic mass is 79.9. The average Bonchev–Trinajstić information content (AvgIpc) is 3.02. The smallest absolute Gasteiger partial charge is 0.123 e. The molecule has 0 radical (unpaired) electrons. The van der Waals surface area contributed by atoms with Crippen LogP contribution in [0.15, 0.2) is 71.3 Å². The van der Waals surface area contributed by atoms with Crippen LogP contribution in [-0.2, 0) is 0 Å². The lowest BCUT2D eigenvalue weighted by atomic mass is 10.1. The number of nitriles is 1. The number of rotatable bonds is 3. The van der Waals surface area contributed by atoms with Crippen molar-refractivity contribution in [2.75, 3.05) is 0 Å². The van der Waals surface area contributed by atoms with Crippen LogP contribution in [0.5, 0.6) is 0 Å². The molecule has 4 heteroatoms. The monoisotopic (exact) mass is 366 g/mol. The van der Waals surface area contributed by atoms with Crippen LogP contribution in [-0.4, -0.2) is 4.57 Å². The van der Waals surface area contributed by atoms with Crippen LogP contribution in [0, 0.1) is 17.1 Å². The molecule has 112 valence electrons. The van der Waals surface area contributed by atoms with Gasteiger partial charge in [-0.05, 0) is 60.2 Å². The highest BCUT2D eigenvalue weighted by Crippen LogP contribution is 2.22. The van der Waals surface area contributed by atoms with Gasteiger partial charge in [-0.3, -0.25) is 0 Å². The van der Waals surface area contributed by atoms with E-state index < -0.39 is 0 Å². The molecular weight excluding hydrogens is 355 g/mol. The van der Waals surface area contributed by atoms with Gasteiger partial charge < -0.3 is 4.57 Å². The predicted octanol–water partition coefficient (Wildman–Crippen LogP) is 5.44. The van der Waals surface area contributed by atoms with Crippen molar-refractivity contribution in [3.05, 3.63) is 88.4 Å². The van der Waals surface area contributed by atoms with Crippen molar-refractivity contribution in [1.29, 1.82) is 5.26 Å². The topological polar surface area (TPSA) is 28.7 Å². The first-order chi connectivity index (χ1) is 11.2. The summed E-state index contributed by atoms with van der Waals surface area (Å²) in [7, 11) is 0. The molecule has 0 spiro atoms. The largest absolute Gasteiger partial charge is 0.317 e. The highest BCUT2D eigenvalue weighted by molar-refractivity contribution is 9.10. The zero-order chi connectivity index (χ0) is 16.2. The minimum atomic E-state index is -0.315. The lowest BCUT2D eigenvalue weighted by molar-refractivity contribution is 0.627. The Morgan fingerprint density at radius 2 is 1.74 bits per heavy atom. The molecule has 0 bridgehead atoms. The molecule has 3 rings (SSSR count). The van der Waals surface area contributed by atoms with Gasteiger partial charge in [-0.1, -0.05) is 28.1 Å². The summed E-state index contributed by atoms with van der Waals surface area (Å²) in [5.41, 5.74) is 3.06. The molecular formula is C19H12BrFN2. The Bertz CT molecular complexity index is 884.